The Morgan fingerprint density at radius 2 is 1.90 bits per heavy atom. The summed E-state index contributed by atoms with van der Waals surface area (Å²) in [7, 11) is 1.64. The van der Waals surface area contributed by atoms with E-state index in [0.717, 1.165) is 29.3 Å². The molecule has 0 aliphatic rings. The van der Waals surface area contributed by atoms with Gasteiger partial charge in [0.25, 0.3) is 0 Å². The number of benzene rings is 2. The van der Waals surface area contributed by atoms with E-state index in [4.69, 9.17) is 13.9 Å². The van der Waals surface area contributed by atoms with Crippen LogP contribution in [0.2, 0.25) is 0 Å². The molecule has 0 amide bonds. The third-order valence-corrected chi connectivity index (χ3v) is 4.02. The molecule has 0 spiro atoms. The first kappa shape index (κ1) is 20.3. The van der Waals surface area contributed by atoms with Crippen molar-refractivity contribution in [1.29, 1.82) is 0 Å². The van der Waals surface area contributed by atoms with Crippen molar-refractivity contribution in [3.63, 3.8) is 0 Å². The molecule has 7 heteroatoms. The van der Waals surface area contributed by atoms with Gasteiger partial charge in [-0.25, -0.2) is 9.98 Å². The lowest BCUT2D eigenvalue weighted by Gasteiger charge is -2.12. The zero-order valence-electron chi connectivity index (χ0n) is 16.7. The van der Waals surface area contributed by atoms with Crippen molar-refractivity contribution in [2.24, 2.45) is 4.99 Å². The smallest absolute Gasteiger partial charge is 0.226 e. The third-order valence-electron chi connectivity index (χ3n) is 4.02. The Hall–Kier alpha value is -3.48. The standard InChI is InChI=1S/C22H26N4O3/c1-3-23-22(24-12-13-28-20-11-7-10-19(14-20)27-2)25-15-18-16-29-21(26-18)17-8-5-4-6-9-17/h4-11,14,16H,3,12-13,15H2,1-2H3,(H2,23,24,25). The molecule has 1 heterocycles. The highest BCUT2D eigenvalue weighted by molar-refractivity contribution is 5.79. The second-order valence-corrected chi connectivity index (χ2v) is 6.16. The van der Waals surface area contributed by atoms with Crippen LogP contribution >= 0.6 is 0 Å². The van der Waals surface area contributed by atoms with Gasteiger partial charge in [-0.1, -0.05) is 24.3 Å². The number of hydrogen-bond acceptors (Lipinski definition) is 5. The van der Waals surface area contributed by atoms with Gasteiger partial charge in [0.1, 0.15) is 30.1 Å². The van der Waals surface area contributed by atoms with Crippen LogP contribution in [0.3, 0.4) is 0 Å². The molecule has 2 N–H and O–H groups in total. The van der Waals surface area contributed by atoms with E-state index < -0.39 is 0 Å². The van der Waals surface area contributed by atoms with Crippen LogP contribution in [-0.4, -0.2) is 37.7 Å². The molecule has 7 nitrogen and oxygen atoms in total. The number of guanidine groups is 1. The number of methoxy groups -OCH3 is 1. The Kier molecular flexibility index (Phi) is 7.51. The van der Waals surface area contributed by atoms with E-state index in [-0.39, 0.29) is 0 Å². The summed E-state index contributed by atoms with van der Waals surface area (Å²) >= 11 is 0. The molecule has 0 unspecified atom stereocenters. The molecule has 0 saturated heterocycles. The minimum atomic E-state index is 0.419. The number of rotatable bonds is 9. The zero-order chi connectivity index (χ0) is 20.3. The Morgan fingerprint density at radius 1 is 1.07 bits per heavy atom. The van der Waals surface area contributed by atoms with Gasteiger partial charge < -0.3 is 24.5 Å². The highest BCUT2D eigenvalue weighted by Crippen LogP contribution is 2.19. The van der Waals surface area contributed by atoms with Gasteiger partial charge >= 0.3 is 0 Å². The van der Waals surface area contributed by atoms with Crippen LogP contribution in [-0.2, 0) is 6.54 Å². The van der Waals surface area contributed by atoms with Crippen molar-refractivity contribution in [2.45, 2.75) is 13.5 Å². The van der Waals surface area contributed by atoms with Crippen molar-refractivity contribution in [2.75, 3.05) is 26.8 Å². The van der Waals surface area contributed by atoms with Crippen LogP contribution in [0.5, 0.6) is 11.5 Å². The first-order valence-electron chi connectivity index (χ1n) is 9.57. The number of oxazole rings is 1. The van der Waals surface area contributed by atoms with Gasteiger partial charge in [-0.2, -0.15) is 0 Å². The van der Waals surface area contributed by atoms with E-state index in [0.29, 0.717) is 31.5 Å². The molecule has 1 aromatic heterocycles. The summed E-state index contributed by atoms with van der Waals surface area (Å²) in [5.74, 6) is 2.84. The van der Waals surface area contributed by atoms with Crippen molar-refractivity contribution in [3.05, 3.63) is 66.6 Å². The maximum Gasteiger partial charge on any atom is 0.226 e. The van der Waals surface area contributed by atoms with Crippen LogP contribution in [0.15, 0.2) is 70.3 Å². The number of hydrogen-bond donors (Lipinski definition) is 2. The van der Waals surface area contributed by atoms with E-state index in [9.17, 15) is 0 Å². The highest BCUT2D eigenvalue weighted by atomic mass is 16.5. The maximum absolute atomic E-state index is 5.74. The van der Waals surface area contributed by atoms with Crippen LogP contribution in [0, 0.1) is 0 Å². The molecular weight excluding hydrogens is 368 g/mol. The monoisotopic (exact) mass is 394 g/mol. The fraction of sp³-hybridized carbons (Fsp3) is 0.273. The Balaban J connectivity index is 1.50. The average Bonchev–Trinajstić information content (AvgIpc) is 3.25. The molecule has 2 aromatic carbocycles. The minimum absolute atomic E-state index is 0.419. The Labute approximate surface area is 170 Å². The molecule has 3 rings (SSSR count). The molecule has 0 radical (unpaired) electrons. The summed E-state index contributed by atoms with van der Waals surface area (Å²) in [5.41, 5.74) is 1.72. The van der Waals surface area contributed by atoms with Gasteiger partial charge in [0.2, 0.25) is 5.89 Å². The molecule has 0 aliphatic carbocycles. The lowest BCUT2D eigenvalue weighted by Crippen LogP contribution is -2.39. The minimum Gasteiger partial charge on any atom is -0.497 e. The van der Waals surface area contributed by atoms with E-state index in [1.54, 1.807) is 13.4 Å². The fourth-order valence-corrected chi connectivity index (χ4v) is 2.62. The molecule has 0 fully saturated rings. The second-order valence-electron chi connectivity index (χ2n) is 6.16. The quantitative estimate of drug-likeness (QED) is 0.329. The molecule has 0 saturated carbocycles. The Bertz CT molecular complexity index is 909. The summed E-state index contributed by atoms with van der Waals surface area (Å²) in [6.45, 7) is 4.31. The normalized spacial score (nSPS) is 11.2. The lowest BCUT2D eigenvalue weighted by atomic mass is 10.2. The number of aromatic nitrogens is 1. The van der Waals surface area contributed by atoms with E-state index in [1.807, 2.05) is 61.5 Å². The lowest BCUT2D eigenvalue weighted by molar-refractivity contribution is 0.319. The van der Waals surface area contributed by atoms with Gasteiger partial charge in [-0.15, -0.1) is 0 Å². The molecule has 0 bridgehead atoms. The third kappa shape index (κ3) is 6.27. The summed E-state index contributed by atoms with van der Waals surface area (Å²) in [4.78, 5) is 9.06. The summed E-state index contributed by atoms with van der Waals surface area (Å²) in [6.07, 6.45) is 1.64. The predicted molar refractivity (Wildman–Crippen MR) is 113 cm³/mol. The van der Waals surface area contributed by atoms with Gasteiger partial charge in [0, 0.05) is 18.2 Å². The number of nitrogens with zero attached hydrogens (tertiary/aromatic N) is 2. The van der Waals surface area contributed by atoms with E-state index >= 15 is 0 Å². The highest BCUT2D eigenvalue weighted by Gasteiger charge is 2.06. The van der Waals surface area contributed by atoms with Crippen molar-refractivity contribution in [1.82, 2.24) is 15.6 Å². The number of aliphatic imine (C=N–C) groups is 1. The second kappa shape index (κ2) is 10.8. The number of nitrogens with one attached hydrogen (secondary N) is 2. The van der Waals surface area contributed by atoms with Crippen molar-refractivity contribution in [3.8, 4) is 23.0 Å². The largest absolute Gasteiger partial charge is 0.497 e. The summed E-state index contributed by atoms with van der Waals surface area (Å²) < 4.78 is 16.5. The molecule has 0 aliphatic heterocycles. The molecule has 29 heavy (non-hydrogen) atoms. The van der Waals surface area contributed by atoms with Crippen molar-refractivity contribution < 1.29 is 13.9 Å². The molecule has 0 atom stereocenters. The van der Waals surface area contributed by atoms with Gasteiger partial charge in [0.05, 0.1) is 20.2 Å². The van der Waals surface area contributed by atoms with Gasteiger partial charge in [0.15, 0.2) is 5.96 Å². The fourth-order valence-electron chi connectivity index (χ4n) is 2.62. The maximum atomic E-state index is 5.74. The van der Waals surface area contributed by atoms with Crippen LogP contribution < -0.4 is 20.1 Å². The Morgan fingerprint density at radius 3 is 2.69 bits per heavy atom. The molecule has 152 valence electrons. The zero-order valence-corrected chi connectivity index (χ0v) is 16.7. The van der Waals surface area contributed by atoms with Crippen molar-refractivity contribution >= 4 is 5.96 Å². The van der Waals surface area contributed by atoms with Gasteiger partial charge in [-0.3, -0.25) is 0 Å². The molecule has 3 aromatic rings. The van der Waals surface area contributed by atoms with Crippen LogP contribution in [0.25, 0.3) is 11.5 Å². The predicted octanol–water partition coefficient (Wildman–Crippen LogP) is 3.48. The topological polar surface area (TPSA) is 80.9 Å². The van der Waals surface area contributed by atoms with Crippen LogP contribution in [0.1, 0.15) is 12.6 Å². The molecular formula is C22H26N4O3. The summed E-state index contributed by atoms with van der Waals surface area (Å²) in [5, 5.41) is 6.47. The first-order chi connectivity index (χ1) is 14.3. The first-order valence-corrected chi connectivity index (χ1v) is 9.57. The SMILES string of the molecule is CCNC(=NCc1coc(-c2ccccc2)n1)NCCOc1cccc(OC)c1. The number of ether oxygens (including phenoxy) is 2. The summed E-state index contributed by atoms with van der Waals surface area (Å²) in [6, 6.07) is 17.3. The van der Waals surface area contributed by atoms with Gasteiger partial charge in [-0.05, 0) is 31.2 Å². The van der Waals surface area contributed by atoms with E-state index in [2.05, 4.69) is 20.6 Å². The average molecular weight is 394 g/mol. The van der Waals surface area contributed by atoms with E-state index in [1.165, 1.54) is 0 Å². The van der Waals surface area contributed by atoms with Crippen LogP contribution in [0.4, 0.5) is 0 Å².